The van der Waals surface area contributed by atoms with Gasteiger partial charge < -0.3 is 29.1 Å². The summed E-state index contributed by atoms with van der Waals surface area (Å²) in [4.78, 5) is 0. The van der Waals surface area contributed by atoms with Crippen molar-refractivity contribution in [2.45, 2.75) is 38.9 Å². The average Bonchev–Trinajstić information content (AvgIpc) is 2.71. The number of rotatable bonds is 8. The molecule has 6 nitrogen and oxygen atoms in total. The van der Waals surface area contributed by atoms with Crippen molar-refractivity contribution in [3.63, 3.8) is 0 Å². The molecule has 0 fully saturated rings. The van der Waals surface area contributed by atoms with Crippen LogP contribution in [0.15, 0.2) is 24.3 Å². The summed E-state index contributed by atoms with van der Waals surface area (Å²) in [6.07, 6.45) is 3.86. The number of benzene rings is 2. The van der Waals surface area contributed by atoms with Gasteiger partial charge in [-0.2, -0.15) is 0 Å². The molecular weight excluding hydrogens is 410 g/mol. The molecule has 31 heavy (non-hydrogen) atoms. The highest BCUT2D eigenvalue weighted by Crippen LogP contribution is 2.43. The third-order valence-electron chi connectivity index (χ3n) is 5.71. The van der Waals surface area contributed by atoms with Crippen LogP contribution in [0, 0.1) is 0 Å². The fourth-order valence-corrected chi connectivity index (χ4v) is 3.86. The van der Waals surface area contributed by atoms with Crippen molar-refractivity contribution in [2.24, 2.45) is 0 Å². The number of anilines is 1. The number of hydrogen-bond acceptors (Lipinski definition) is 6. The largest absolute Gasteiger partial charge is 0.541 e. The van der Waals surface area contributed by atoms with Gasteiger partial charge in [-0.3, -0.25) is 0 Å². The molecule has 0 heterocycles. The first kappa shape index (κ1) is 24.5. The predicted molar refractivity (Wildman–Crippen MR) is 130 cm³/mol. The molecule has 2 aromatic carbocycles. The zero-order chi connectivity index (χ0) is 23.4. The highest BCUT2D eigenvalue weighted by molar-refractivity contribution is 6.74. The molecule has 0 aliphatic heterocycles. The minimum atomic E-state index is -2.03. The third kappa shape index (κ3) is 5.28. The summed E-state index contributed by atoms with van der Waals surface area (Å²) in [7, 11) is 4.34. The van der Waals surface area contributed by atoms with Gasteiger partial charge in [0, 0.05) is 5.56 Å². The summed E-state index contributed by atoms with van der Waals surface area (Å²) in [5.74, 6) is 2.96. The van der Waals surface area contributed by atoms with Gasteiger partial charge in [0.05, 0.1) is 34.1 Å². The second-order valence-corrected chi connectivity index (χ2v) is 13.5. The summed E-state index contributed by atoms with van der Waals surface area (Å²) in [5.41, 5.74) is 8.68. The number of methoxy groups -OCH3 is 4. The highest BCUT2D eigenvalue weighted by atomic mass is 28.4. The Morgan fingerprint density at radius 1 is 0.774 bits per heavy atom. The molecule has 0 spiro atoms. The molecule has 0 aliphatic carbocycles. The minimum absolute atomic E-state index is 0.0673. The Morgan fingerprint density at radius 2 is 1.32 bits per heavy atom. The van der Waals surface area contributed by atoms with Crippen molar-refractivity contribution < 1.29 is 23.4 Å². The van der Waals surface area contributed by atoms with Crippen molar-refractivity contribution >= 4 is 26.2 Å². The zero-order valence-electron chi connectivity index (χ0n) is 20.1. The van der Waals surface area contributed by atoms with E-state index in [0.717, 1.165) is 11.1 Å². The molecule has 0 saturated carbocycles. The molecule has 2 aromatic rings. The van der Waals surface area contributed by atoms with E-state index in [2.05, 4.69) is 33.9 Å². The monoisotopic (exact) mass is 445 g/mol. The Hall–Kier alpha value is -2.80. The maximum absolute atomic E-state index is 6.44. The van der Waals surface area contributed by atoms with E-state index in [-0.39, 0.29) is 5.04 Å². The fraction of sp³-hybridized carbons (Fsp3) is 0.417. The number of ether oxygens (including phenoxy) is 4. The van der Waals surface area contributed by atoms with Gasteiger partial charge in [-0.05, 0) is 48.0 Å². The first-order chi connectivity index (χ1) is 14.5. The van der Waals surface area contributed by atoms with Gasteiger partial charge in [0.15, 0.2) is 17.2 Å². The van der Waals surface area contributed by atoms with Crippen LogP contribution in [0.3, 0.4) is 0 Å². The van der Waals surface area contributed by atoms with Gasteiger partial charge in [-0.1, -0.05) is 32.9 Å². The second kappa shape index (κ2) is 9.56. The summed E-state index contributed by atoms with van der Waals surface area (Å²) < 4.78 is 28.3. The summed E-state index contributed by atoms with van der Waals surface area (Å²) in [6.45, 7) is 11.0. The van der Waals surface area contributed by atoms with Gasteiger partial charge in [0.1, 0.15) is 5.75 Å². The van der Waals surface area contributed by atoms with Gasteiger partial charge in [-0.15, -0.1) is 0 Å². The van der Waals surface area contributed by atoms with Gasteiger partial charge in [-0.25, -0.2) is 0 Å². The molecule has 0 saturated heterocycles. The van der Waals surface area contributed by atoms with E-state index >= 15 is 0 Å². The van der Waals surface area contributed by atoms with E-state index in [4.69, 9.17) is 29.1 Å². The van der Waals surface area contributed by atoms with Crippen LogP contribution in [0.1, 0.15) is 31.9 Å². The van der Waals surface area contributed by atoms with Crippen LogP contribution in [-0.2, 0) is 0 Å². The van der Waals surface area contributed by atoms with Crippen LogP contribution >= 0.6 is 0 Å². The molecule has 0 radical (unpaired) electrons. The molecular formula is C24H35NO5Si. The third-order valence-corrected chi connectivity index (χ3v) is 10.1. The Bertz CT molecular complexity index is 923. The van der Waals surface area contributed by atoms with Gasteiger partial charge >= 0.3 is 0 Å². The van der Waals surface area contributed by atoms with Crippen LogP contribution in [0.5, 0.6) is 28.7 Å². The SMILES string of the molecule is COc1cc(/C=C\c2ccc(O[Si](C)(C)C(C)(C)C)c(OC)c2N)cc(OC)c1OC. The Labute approximate surface area is 187 Å². The summed E-state index contributed by atoms with van der Waals surface area (Å²) >= 11 is 0. The molecule has 0 aromatic heterocycles. The molecule has 0 unspecified atom stereocenters. The van der Waals surface area contributed by atoms with Crippen molar-refractivity contribution in [3.8, 4) is 28.7 Å². The lowest BCUT2D eigenvalue weighted by Crippen LogP contribution is -2.43. The lowest BCUT2D eigenvalue weighted by molar-refractivity contribution is 0.324. The van der Waals surface area contributed by atoms with Crippen LogP contribution in [0.4, 0.5) is 5.69 Å². The molecule has 2 rings (SSSR count). The Morgan fingerprint density at radius 3 is 1.77 bits per heavy atom. The van der Waals surface area contributed by atoms with Crippen molar-refractivity contribution in [1.29, 1.82) is 0 Å². The van der Waals surface area contributed by atoms with E-state index in [9.17, 15) is 0 Å². The normalized spacial score (nSPS) is 12.0. The smallest absolute Gasteiger partial charge is 0.250 e. The number of nitrogen functional groups attached to an aromatic ring is 1. The summed E-state index contributed by atoms with van der Waals surface area (Å²) in [6, 6.07) is 7.61. The van der Waals surface area contributed by atoms with Gasteiger partial charge in [0.25, 0.3) is 8.32 Å². The first-order valence-corrected chi connectivity index (χ1v) is 13.0. The topological polar surface area (TPSA) is 72.2 Å². The Balaban J connectivity index is 2.42. The van der Waals surface area contributed by atoms with E-state index in [1.54, 1.807) is 28.4 Å². The molecule has 0 amide bonds. The molecule has 0 bridgehead atoms. The van der Waals surface area contributed by atoms with Gasteiger partial charge in [0.2, 0.25) is 5.75 Å². The summed E-state index contributed by atoms with van der Waals surface area (Å²) in [5, 5.41) is 0.0673. The van der Waals surface area contributed by atoms with E-state index in [1.807, 2.05) is 36.4 Å². The van der Waals surface area contributed by atoms with Crippen LogP contribution < -0.4 is 29.1 Å². The fourth-order valence-electron chi connectivity index (χ4n) is 2.84. The average molecular weight is 446 g/mol. The van der Waals surface area contributed by atoms with E-state index in [0.29, 0.717) is 34.4 Å². The predicted octanol–water partition coefficient (Wildman–Crippen LogP) is 5.86. The Kier molecular flexibility index (Phi) is 7.54. The molecule has 0 aliphatic rings. The van der Waals surface area contributed by atoms with E-state index in [1.165, 1.54) is 0 Å². The van der Waals surface area contributed by atoms with Crippen molar-refractivity contribution in [2.75, 3.05) is 34.2 Å². The molecule has 170 valence electrons. The number of nitrogens with two attached hydrogens (primary N) is 1. The lowest BCUT2D eigenvalue weighted by Gasteiger charge is -2.37. The van der Waals surface area contributed by atoms with Crippen LogP contribution in [0.25, 0.3) is 12.2 Å². The quantitative estimate of drug-likeness (QED) is 0.312. The number of hydrogen-bond donors (Lipinski definition) is 1. The highest BCUT2D eigenvalue weighted by Gasteiger charge is 2.39. The van der Waals surface area contributed by atoms with Crippen LogP contribution in [0.2, 0.25) is 18.1 Å². The zero-order valence-corrected chi connectivity index (χ0v) is 21.1. The second-order valence-electron chi connectivity index (χ2n) is 8.75. The van der Waals surface area contributed by atoms with Crippen LogP contribution in [-0.4, -0.2) is 36.8 Å². The standard InChI is InChI=1S/C24H35NO5Si/c1-24(2,3)31(8,9)30-18-13-12-17(21(25)23(18)29-7)11-10-16-14-19(26-4)22(28-6)20(15-16)27-5/h10-15H,25H2,1-9H3/b11-10-. The van der Waals surface area contributed by atoms with E-state index < -0.39 is 8.32 Å². The molecule has 7 heteroatoms. The molecule has 2 N–H and O–H groups in total. The lowest BCUT2D eigenvalue weighted by atomic mass is 10.1. The first-order valence-electron chi connectivity index (χ1n) is 10.1. The minimum Gasteiger partial charge on any atom is -0.541 e. The molecule has 0 atom stereocenters. The maximum atomic E-state index is 6.44. The van der Waals surface area contributed by atoms with Crippen molar-refractivity contribution in [1.82, 2.24) is 0 Å². The van der Waals surface area contributed by atoms with Crippen molar-refractivity contribution in [3.05, 3.63) is 35.4 Å². The maximum Gasteiger partial charge on any atom is 0.250 e.